The van der Waals surface area contributed by atoms with Gasteiger partial charge < -0.3 is 5.11 Å². The van der Waals surface area contributed by atoms with Gasteiger partial charge >= 0.3 is 5.97 Å². The lowest BCUT2D eigenvalue weighted by atomic mass is 10.5. The summed E-state index contributed by atoms with van der Waals surface area (Å²) in [5, 5.41) is 7.72. The fourth-order valence-corrected chi connectivity index (χ4v) is 0. The minimum Gasteiger partial charge on any atom is -0.481 e. The van der Waals surface area contributed by atoms with E-state index >= 15 is 0 Å². The maximum atomic E-state index is 9.37. The van der Waals surface area contributed by atoms with E-state index in [-0.39, 0.29) is 15.2 Å². The lowest BCUT2D eigenvalue weighted by Gasteiger charge is -1.75. The van der Waals surface area contributed by atoms with Gasteiger partial charge in [-0.25, -0.2) is 0 Å². The molecule has 0 bridgehead atoms. The Labute approximate surface area is 58.5 Å². The van der Waals surface area contributed by atoms with Crippen molar-refractivity contribution in [3.63, 3.8) is 0 Å². The Balaban J connectivity index is 0. The van der Waals surface area contributed by atoms with Gasteiger partial charge in [0, 0.05) is 15.2 Å². The zero-order chi connectivity index (χ0) is 7.86. The molecule has 2 nitrogen and oxygen atoms in total. The first-order chi connectivity index (χ1) is 4.00. The number of carboxylic acids is 1. The first kappa shape index (κ1) is 11.5. The van der Waals surface area contributed by atoms with Crippen LogP contribution in [0.2, 0.25) is 19.6 Å². The Morgan fingerprint density at radius 2 is 1.56 bits per heavy atom. The molecule has 0 aliphatic rings. The monoisotopic (exact) mass is 147 g/mol. The normalized spacial score (nSPS) is 8.11. The van der Waals surface area contributed by atoms with Crippen LogP contribution in [-0.2, 0) is 4.79 Å². The molecule has 1 N–H and O–H groups in total. The van der Waals surface area contributed by atoms with Crippen molar-refractivity contribution in [1.82, 2.24) is 0 Å². The van der Waals surface area contributed by atoms with Crippen LogP contribution in [0.4, 0.5) is 0 Å². The van der Waals surface area contributed by atoms with Crippen LogP contribution < -0.4 is 0 Å². The molecule has 0 spiro atoms. The lowest BCUT2D eigenvalue weighted by molar-refractivity contribution is -0.136. The predicted molar refractivity (Wildman–Crippen MR) is 41.3 cm³/mol. The van der Waals surface area contributed by atoms with Gasteiger partial charge in [0.05, 0.1) is 0 Å². The van der Waals surface area contributed by atoms with Gasteiger partial charge in [-0.05, 0) is 0 Å². The smallest absolute Gasteiger partial charge is 0.303 e. The molecule has 0 unspecified atom stereocenters. The van der Waals surface area contributed by atoms with E-state index in [1.807, 2.05) is 0 Å². The third-order valence-corrected chi connectivity index (χ3v) is 0.302. The van der Waals surface area contributed by atoms with Crippen LogP contribution in [0.5, 0.6) is 0 Å². The van der Waals surface area contributed by atoms with Crippen molar-refractivity contribution in [1.29, 1.82) is 0 Å². The summed E-state index contributed by atoms with van der Waals surface area (Å²) in [6.45, 7) is 8.41. The summed E-state index contributed by atoms with van der Waals surface area (Å²) in [6.07, 6.45) is 0.222. The fraction of sp³-hybridized carbons (Fsp3) is 0.833. The van der Waals surface area contributed by atoms with Crippen LogP contribution in [0.15, 0.2) is 0 Å². The number of rotatable bonds is 1. The van der Waals surface area contributed by atoms with Gasteiger partial charge in [0.25, 0.3) is 0 Å². The minimum atomic E-state index is -0.745. The second-order valence-corrected chi connectivity index (χ2v) is 5.25. The Kier molecular flexibility index (Phi) is 9.80. The molecule has 0 aliphatic heterocycles. The molecule has 3 heteroatoms. The van der Waals surface area contributed by atoms with Crippen molar-refractivity contribution in [3.05, 3.63) is 0 Å². The quantitative estimate of drug-likeness (QED) is 0.575. The molecule has 0 atom stereocenters. The van der Waals surface area contributed by atoms with E-state index in [1.165, 1.54) is 0 Å². The first-order valence-electron chi connectivity index (χ1n) is 2.99. The van der Waals surface area contributed by atoms with E-state index in [2.05, 4.69) is 19.6 Å². The summed E-state index contributed by atoms with van der Waals surface area (Å²) in [6, 6.07) is 0. The standard InChI is InChI=1S/C3H6O2.C3H9Si/c1-2-3(4)5;1-4(2)3/h2H2,1H3,(H,4,5);1-3H3. The molecule has 0 saturated carbocycles. The highest BCUT2D eigenvalue weighted by molar-refractivity contribution is 6.54. The van der Waals surface area contributed by atoms with Crippen molar-refractivity contribution < 1.29 is 9.90 Å². The SMILES string of the molecule is CCC(=O)O.C[Si](C)C. The van der Waals surface area contributed by atoms with E-state index in [0.717, 1.165) is 0 Å². The summed E-state index contributed by atoms with van der Waals surface area (Å²) < 4.78 is 0. The van der Waals surface area contributed by atoms with Crippen LogP contribution in [0.3, 0.4) is 0 Å². The zero-order valence-electron chi connectivity index (χ0n) is 6.56. The number of carbonyl (C=O) groups is 1. The average Bonchev–Trinajstić information content (AvgIpc) is 1.65. The van der Waals surface area contributed by atoms with Crippen molar-refractivity contribution in [2.45, 2.75) is 33.0 Å². The third kappa shape index (κ3) is 87.4. The predicted octanol–water partition coefficient (Wildman–Crippen LogP) is 1.85. The molecule has 0 aromatic rings. The van der Waals surface area contributed by atoms with Gasteiger partial charge in [-0.1, -0.05) is 26.6 Å². The molecule has 9 heavy (non-hydrogen) atoms. The fourth-order valence-electron chi connectivity index (χ4n) is 0. The van der Waals surface area contributed by atoms with Gasteiger partial charge in [-0.15, -0.1) is 0 Å². The van der Waals surface area contributed by atoms with Crippen LogP contribution in [-0.4, -0.2) is 19.9 Å². The Bertz CT molecular complexity index is 68.7. The van der Waals surface area contributed by atoms with Crippen LogP contribution in [0.1, 0.15) is 13.3 Å². The Hall–Kier alpha value is -0.313. The zero-order valence-corrected chi connectivity index (χ0v) is 7.56. The number of hydrogen-bond acceptors (Lipinski definition) is 1. The average molecular weight is 147 g/mol. The van der Waals surface area contributed by atoms with Crippen molar-refractivity contribution in [2.75, 3.05) is 0 Å². The van der Waals surface area contributed by atoms with Crippen LogP contribution >= 0.6 is 0 Å². The van der Waals surface area contributed by atoms with Crippen molar-refractivity contribution in [2.24, 2.45) is 0 Å². The second-order valence-electron chi connectivity index (χ2n) is 2.25. The highest BCUT2D eigenvalue weighted by atomic mass is 28.3. The summed E-state index contributed by atoms with van der Waals surface area (Å²) in [5.74, 6) is -0.745. The summed E-state index contributed by atoms with van der Waals surface area (Å²) in [5.41, 5.74) is 0. The molecule has 0 heterocycles. The Morgan fingerprint density at radius 3 is 1.56 bits per heavy atom. The van der Waals surface area contributed by atoms with Crippen LogP contribution in [0.25, 0.3) is 0 Å². The highest BCUT2D eigenvalue weighted by Crippen LogP contribution is 1.68. The molecular formula is C6H15O2Si. The maximum absolute atomic E-state index is 9.37. The lowest BCUT2D eigenvalue weighted by Crippen LogP contribution is -1.86. The van der Waals surface area contributed by atoms with E-state index in [0.29, 0.717) is 0 Å². The van der Waals surface area contributed by atoms with Crippen molar-refractivity contribution in [3.8, 4) is 0 Å². The van der Waals surface area contributed by atoms with Crippen molar-refractivity contribution >= 4 is 14.8 Å². The maximum Gasteiger partial charge on any atom is 0.303 e. The summed E-state index contributed by atoms with van der Waals surface area (Å²) in [4.78, 5) is 9.37. The van der Waals surface area contributed by atoms with Gasteiger partial charge in [-0.2, -0.15) is 0 Å². The van der Waals surface area contributed by atoms with Crippen LogP contribution in [0, 0.1) is 0 Å². The molecule has 55 valence electrons. The second kappa shape index (κ2) is 7.69. The van der Waals surface area contributed by atoms with Gasteiger partial charge in [0.2, 0.25) is 0 Å². The molecule has 0 fully saturated rings. The molecule has 0 rings (SSSR count). The third-order valence-electron chi connectivity index (χ3n) is 0.302. The molecule has 0 aromatic carbocycles. The van der Waals surface area contributed by atoms with E-state index in [1.54, 1.807) is 6.92 Å². The number of aliphatic carboxylic acids is 1. The molecule has 1 radical (unpaired) electrons. The van der Waals surface area contributed by atoms with Gasteiger partial charge in [0.15, 0.2) is 0 Å². The topological polar surface area (TPSA) is 37.3 Å². The summed E-state index contributed by atoms with van der Waals surface area (Å²) in [7, 11) is 0.120. The highest BCUT2D eigenvalue weighted by Gasteiger charge is 1.80. The van der Waals surface area contributed by atoms with Gasteiger partial charge in [0.1, 0.15) is 0 Å². The number of carboxylic acid groups (broad SMARTS) is 1. The largest absolute Gasteiger partial charge is 0.481 e. The van der Waals surface area contributed by atoms with E-state index < -0.39 is 5.97 Å². The first-order valence-corrected chi connectivity index (χ1v) is 5.99. The molecule has 0 aromatic heterocycles. The molecule has 0 aliphatic carbocycles. The minimum absolute atomic E-state index is 0.120. The summed E-state index contributed by atoms with van der Waals surface area (Å²) >= 11 is 0. The molecule has 0 saturated heterocycles. The Morgan fingerprint density at radius 1 is 1.44 bits per heavy atom. The molecule has 0 amide bonds. The van der Waals surface area contributed by atoms with E-state index in [9.17, 15) is 4.79 Å². The number of hydrogen-bond donors (Lipinski definition) is 1. The van der Waals surface area contributed by atoms with Gasteiger partial charge in [-0.3, -0.25) is 4.79 Å². The van der Waals surface area contributed by atoms with E-state index in [4.69, 9.17) is 5.11 Å². The molecular weight excluding hydrogens is 132 g/mol.